The van der Waals surface area contributed by atoms with Crippen LogP contribution in [0.5, 0.6) is 0 Å². The van der Waals surface area contributed by atoms with Crippen molar-refractivity contribution in [3.63, 3.8) is 0 Å². The molecule has 2 aliphatic carbocycles. The lowest BCUT2D eigenvalue weighted by molar-refractivity contribution is -0.141. The van der Waals surface area contributed by atoms with Crippen LogP contribution in [0.25, 0.3) is 0 Å². The zero-order chi connectivity index (χ0) is 15.4. The van der Waals surface area contributed by atoms with E-state index in [1.165, 1.54) is 25.7 Å². The maximum Gasteiger partial charge on any atom is 0.226 e. The smallest absolute Gasteiger partial charge is 0.226 e. The molecule has 0 aliphatic heterocycles. The highest BCUT2D eigenvalue weighted by molar-refractivity contribution is 5.79. The first-order valence-corrected chi connectivity index (χ1v) is 9.05. The molecule has 2 fully saturated rings. The highest BCUT2D eigenvalue weighted by Crippen LogP contribution is 2.33. The number of carbonyl (C=O) groups is 1. The minimum Gasteiger partial charge on any atom is -0.339 e. The standard InChI is InChI=1S/C18H34N2O/c1-13(2)10-11-20(16-6-4-5-7-16)18(21)17-12-15(19)9-8-14(17)3/h13-17H,4-12,19H2,1-3H3. The molecule has 2 rings (SSSR count). The van der Waals surface area contributed by atoms with Crippen LogP contribution in [0, 0.1) is 17.8 Å². The van der Waals surface area contributed by atoms with Crippen LogP contribution in [0.2, 0.25) is 0 Å². The third kappa shape index (κ3) is 4.45. The third-order valence-corrected chi connectivity index (χ3v) is 5.55. The van der Waals surface area contributed by atoms with Crippen LogP contribution in [-0.2, 0) is 4.79 Å². The van der Waals surface area contributed by atoms with Crippen LogP contribution < -0.4 is 5.73 Å². The Hall–Kier alpha value is -0.570. The summed E-state index contributed by atoms with van der Waals surface area (Å²) in [6.07, 6.45) is 9.20. The molecule has 3 nitrogen and oxygen atoms in total. The van der Waals surface area contributed by atoms with Gasteiger partial charge in [0, 0.05) is 24.5 Å². The Labute approximate surface area is 130 Å². The van der Waals surface area contributed by atoms with Crippen LogP contribution in [0.3, 0.4) is 0 Å². The number of hydrogen-bond acceptors (Lipinski definition) is 2. The molecule has 1 amide bonds. The number of rotatable bonds is 5. The van der Waals surface area contributed by atoms with Crippen molar-refractivity contribution in [1.82, 2.24) is 4.90 Å². The Bertz CT molecular complexity index is 336. The Morgan fingerprint density at radius 1 is 1.19 bits per heavy atom. The minimum absolute atomic E-state index is 0.168. The van der Waals surface area contributed by atoms with Crippen molar-refractivity contribution in [2.75, 3.05) is 6.54 Å². The maximum atomic E-state index is 13.1. The number of hydrogen-bond donors (Lipinski definition) is 1. The molecule has 0 aromatic heterocycles. The normalized spacial score (nSPS) is 30.8. The van der Waals surface area contributed by atoms with Crippen molar-refractivity contribution < 1.29 is 4.79 Å². The van der Waals surface area contributed by atoms with E-state index in [-0.39, 0.29) is 12.0 Å². The predicted octanol–water partition coefficient (Wildman–Crippen LogP) is 3.57. The number of nitrogens with two attached hydrogens (primary N) is 1. The quantitative estimate of drug-likeness (QED) is 0.842. The summed E-state index contributed by atoms with van der Waals surface area (Å²) in [7, 11) is 0. The summed E-state index contributed by atoms with van der Waals surface area (Å²) >= 11 is 0. The molecule has 21 heavy (non-hydrogen) atoms. The Balaban J connectivity index is 2.04. The van der Waals surface area contributed by atoms with E-state index in [1.54, 1.807) is 0 Å². The fourth-order valence-electron chi connectivity index (χ4n) is 4.00. The van der Waals surface area contributed by atoms with Crippen LogP contribution >= 0.6 is 0 Å². The molecule has 2 N–H and O–H groups in total. The van der Waals surface area contributed by atoms with Gasteiger partial charge in [0.15, 0.2) is 0 Å². The summed E-state index contributed by atoms with van der Waals surface area (Å²) in [5.74, 6) is 1.74. The zero-order valence-electron chi connectivity index (χ0n) is 14.2. The van der Waals surface area contributed by atoms with Crippen molar-refractivity contribution in [3.8, 4) is 0 Å². The monoisotopic (exact) mass is 294 g/mol. The molecule has 122 valence electrons. The molecule has 2 aliphatic rings. The van der Waals surface area contributed by atoms with Gasteiger partial charge in [-0.15, -0.1) is 0 Å². The lowest BCUT2D eigenvalue weighted by atomic mass is 9.77. The molecule has 0 aromatic rings. The summed E-state index contributed by atoms with van der Waals surface area (Å²) in [4.78, 5) is 15.4. The SMILES string of the molecule is CC(C)CCN(C(=O)C1CC(N)CCC1C)C1CCCC1. The van der Waals surface area contributed by atoms with Crippen molar-refractivity contribution in [2.45, 2.75) is 84.2 Å². The third-order valence-electron chi connectivity index (χ3n) is 5.55. The fraction of sp³-hybridized carbons (Fsp3) is 0.944. The molecular weight excluding hydrogens is 260 g/mol. The summed E-state index contributed by atoms with van der Waals surface area (Å²) < 4.78 is 0. The second-order valence-corrected chi connectivity index (χ2v) is 7.81. The number of carbonyl (C=O) groups excluding carboxylic acids is 1. The van der Waals surface area contributed by atoms with Gasteiger partial charge in [-0.25, -0.2) is 0 Å². The lowest BCUT2D eigenvalue weighted by Gasteiger charge is -2.38. The second-order valence-electron chi connectivity index (χ2n) is 7.81. The Morgan fingerprint density at radius 3 is 2.48 bits per heavy atom. The summed E-state index contributed by atoms with van der Waals surface area (Å²) in [6.45, 7) is 7.68. The van der Waals surface area contributed by atoms with Crippen LogP contribution in [0.1, 0.15) is 72.1 Å². The van der Waals surface area contributed by atoms with E-state index < -0.39 is 0 Å². The fourth-order valence-corrected chi connectivity index (χ4v) is 4.00. The Kier molecular flexibility index (Phi) is 6.09. The van der Waals surface area contributed by atoms with Gasteiger partial charge in [-0.3, -0.25) is 4.79 Å². The van der Waals surface area contributed by atoms with Gasteiger partial charge in [0.25, 0.3) is 0 Å². The molecule has 0 saturated heterocycles. The lowest BCUT2D eigenvalue weighted by Crippen LogP contribution is -2.47. The van der Waals surface area contributed by atoms with Crippen molar-refractivity contribution >= 4 is 5.91 Å². The summed E-state index contributed by atoms with van der Waals surface area (Å²) in [6, 6.07) is 0.729. The average molecular weight is 294 g/mol. The first kappa shape index (κ1) is 16.8. The van der Waals surface area contributed by atoms with E-state index in [4.69, 9.17) is 5.73 Å². The molecule has 3 heteroatoms. The average Bonchev–Trinajstić information content (AvgIpc) is 2.95. The van der Waals surface area contributed by atoms with Gasteiger partial charge in [-0.2, -0.15) is 0 Å². The number of amides is 1. The van der Waals surface area contributed by atoms with Crippen molar-refractivity contribution in [1.29, 1.82) is 0 Å². The molecule has 0 heterocycles. The summed E-state index contributed by atoms with van der Waals surface area (Å²) in [5, 5.41) is 0. The first-order valence-electron chi connectivity index (χ1n) is 9.05. The van der Waals surface area contributed by atoms with Crippen LogP contribution in [-0.4, -0.2) is 29.4 Å². The van der Waals surface area contributed by atoms with E-state index >= 15 is 0 Å². The summed E-state index contributed by atoms with van der Waals surface area (Å²) in [5.41, 5.74) is 6.13. The van der Waals surface area contributed by atoms with Crippen molar-refractivity contribution in [3.05, 3.63) is 0 Å². The predicted molar refractivity (Wildman–Crippen MR) is 87.9 cm³/mol. The van der Waals surface area contributed by atoms with Crippen LogP contribution in [0.4, 0.5) is 0 Å². The molecular formula is C18H34N2O. The van der Waals surface area contributed by atoms with E-state index in [9.17, 15) is 4.79 Å². The van der Waals surface area contributed by atoms with Gasteiger partial charge in [0.2, 0.25) is 5.91 Å². The molecule has 0 radical (unpaired) electrons. The van der Waals surface area contributed by atoms with Crippen LogP contribution in [0.15, 0.2) is 0 Å². The van der Waals surface area contributed by atoms with Gasteiger partial charge in [-0.05, 0) is 50.4 Å². The molecule has 3 atom stereocenters. The largest absolute Gasteiger partial charge is 0.339 e. The molecule has 2 saturated carbocycles. The second kappa shape index (κ2) is 7.62. The molecule has 0 spiro atoms. The van der Waals surface area contributed by atoms with Gasteiger partial charge in [0.1, 0.15) is 0 Å². The van der Waals surface area contributed by atoms with E-state index in [0.717, 1.165) is 32.2 Å². The molecule has 0 aromatic carbocycles. The molecule has 0 bridgehead atoms. The highest BCUT2D eigenvalue weighted by Gasteiger charge is 2.36. The minimum atomic E-state index is 0.168. The maximum absolute atomic E-state index is 13.1. The molecule has 3 unspecified atom stereocenters. The van der Waals surface area contributed by atoms with Crippen molar-refractivity contribution in [2.24, 2.45) is 23.5 Å². The van der Waals surface area contributed by atoms with Gasteiger partial charge < -0.3 is 10.6 Å². The van der Waals surface area contributed by atoms with Gasteiger partial charge in [0.05, 0.1) is 0 Å². The Morgan fingerprint density at radius 2 is 1.86 bits per heavy atom. The van der Waals surface area contributed by atoms with Gasteiger partial charge in [-0.1, -0.05) is 33.6 Å². The first-order chi connectivity index (χ1) is 9.99. The topological polar surface area (TPSA) is 46.3 Å². The van der Waals surface area contributed by atoms with E-state index in [2.05, 4.69) is 25.7 Å². The van der Waals surface area contributed by atoms with E-state index in [1.807, 2.05) is 0 Å². The highest BCUT2D eigenvalue weighted by atomic mass is 16.2. The van der Waals surface area contributed by atoms with Gasteiger partial charge >= 0.3 is 0 Å². The zero-order valence-corrected chi connectivity index (χ0v) is 14.2. The van der Waals surface area contributed by atoms with E-state index in [0.29, 0.717) is 23.8 Å². The number of nitrogens with zero attached hydrogens (tertiary/aromatic N) is 1.